The molecule has 1 rings (SSSR count). The van der Waals surface area contributed by atoms with Crippen LogP contribution in [0.3, 0.4) is 0 Å². The van der Waals surface area contributed by atoms with Gasteiger partial charge in [0.15, 0.2) is 0 Å². The maximum atomic E-state index is 2.12. The molecule has 0 aromatic carbocycles. The fraction of sp³-hybridized carbons (Fsp3) is 0.200. The summed E-state index contributed by atoms with van der Waals surface area (Å²) >= 11 is 0. The molecule has 54 valence electrons. The molecule has 0 radical (unpaired) electrons. The molecular formula is C5H6Cl3Hf-3. The van der Waals surface area contributed by atoms with Gasteiger partial charge in [-0.1, -0.05) is 24.3 Å². The topological polar surface area (TPSA) is 0 Å². The molecule has 0 fully saturated rings. The Kier molecular flexibility index (Phi) is 40.2. The molecule has 0 N–H and O–H groups in total. The number of hydrogen-bond acceptors (Lipinski definition) is 0. The van der Waals surface area contributed by atoms with Crippen LogP contribution in [0, 0.1) is 0 Å². The van der Waals surface area contributed by atoms with Gasteiger partial charge in [0.2, 0.25) is 0 Å². The van der Waals surface area contributed by atoms with Gasteiger partial charge in [-0.3, -0.25) is 0 Å². The average Bonchev–Trinajstić information content (AvgIpc) is 1.76. The molecule has 9 heavy (non-hydrogen) atoms. The van der Waals surface area contributed by atoms with Crippen molar-refractivity contribution in [3.05, 3.63) is 24.3 Å². The normalized spacial score (nSPS) is 9.78. The maximum Gasteiger partial charge on any atom is 0 e. The first kappa shape index (κ1) is 22.5. The first-order valence-corrected chi connectivity index (χ1v) is 1.82. The molecule has 0 amide bonds. The van der Waals surface area contributed by atoms with E-state index in [1.165, 1.54) is 0 Å². The molecule has 0 aromatic heterocycles. The molecule has 0 atom stereocenters. The van der Waals surface area contributed by atoms with Crippen LogP contribution in [0.2, 0.25) is 0 Å². The Labute approximate surface area is 93.2 Å². The molecule has 0 unspecified atom stereocenters. The largest absolute Gasteiger partial charge is 1.00 e. The SMILES string of the molecule is C1=CCC=C1.[Cl-].[Cl-].[Cl-].[Hf]. The van der Waals surface area contributed by atoms with Crippen molar-refractivity contribution in [1.82, 2.24) is 0 Å². The predicted molar refractivity (Wildman–Crippen MR) is 22.9 cm³/mol. The summed E-state index contributed by atoms with van der Waals surface area (Å²) < 4.78 is 0. The van der Waals surface area contributed by atoms with E-state index in [9.17, 15) is 0 Å². The van der Waals surface area contributed by atoms with Gasteiger partial charge in [-0.05, 0) is 6.42 Å². The average molecular weight is 351 g/mol. The van der Waals surface area contributed by atoms with Crippen molar-refractivity contribution < 1.29 is 63.1 Å². The van der Waals surface area contributed by atoms with E-state index in [1.54, 1.807) is 0 Å². The molecule has 0 nitrogen and oxygen atoms in total. The Morgan fingerprint density at radius 1 is 0.778 bits per heavy atom. The van der Waals surface area contributed by atoms with Crippen molar-refractivity contribution in [2.24, 2.45) is 0 Å². The van der Waals surface area contributed by atoms with Gasteiger partial charge in [0, 0.05) is 25.8 Å². The van der Waals surface area contributed by atoms with Gasteiger partial charge < -0.3 is 37.2 Å². The van der Waals surface area contributed by atoms with Gasteiger partial charge in [0.25, 0.3) is 0 Å². The molecule has 0 heterocycles. The van der Waals surface area contributed by atoms with Crippen LogP contribution >= 0.6 is 0 Å². The van der Waals surface area contributed by atoms with Crippen LogP contribution < -0.4 is 37.2 Å². The van der Waals surface area contributed by atoms with E-state index in [2.05, 4.69) is 24.3 Å². The second-order valence-corrected chi connectivity index (χ2v) is 1.09. The van der Waals surface area contributed by atoms with Crippen molar-refractivity contribution in [3.8, 4) is 0 Å². The van der Waals surface area contributed by atoms with Gasteiger partial charge in [-0.2, -0.15) is 0 Å². The van der Waals surface area contributed by atoms with Crippen LogP contribution in [0.4, 0.5) is 0 Å². The van der Waals surface area contributed by atoms with Crippen molar-refractivity contribution in [3.63, 3.8) is 0 Å². The fourth-order valence-electron chi connectivity index (χ4n) is 0.393. The maximum absolute atomic E-state index is 2.12. The van der Waals surface area contributed by atoms with E-state index >= 15 is 0 Å². The van der Waals surface area contributed by atoms with Crippen LogP contribution in [0.1, 0.15) is 6.42 Å². The third kappa shape index (κ3) is 12.4. The third-order valence-electron chi connectivity index (χ3n) is 0.655. The van der Waals surface area contributed by atoms with Crippen molar-refractivity contribution >= 4 is 0 Å². The number of allylic oxidation sites excluding steroid dienone is 4. The van der Waals surface area contributed by atoms with Crippen LogP contribution in [0.5, 0.6) is 0 Å². The van der Waals surface area contributed by atoms with Gasteiger partial charge in [0.1, 0.15) is 0 Å². The second kappa shape index (κ2) is 16.1. The molecule has 0 bridgehead atoms. The van der Waals surface area contributed by atoms with Crippen molar-refractivity contribution in [2.45, 2.75) is 6.42 Å². The van der Waals surface area contributed by atoms with Gasteiger partial charge in [-0.15, -0.1) is 0 Å². The summed E-state index contributed by atoms with van der Waals surface area (Å²) in [6.45, 7) is 0. The standard InChI is InChI=1S/C5H6.3ClH.Hf/c1-2-4-5-3-1;;;;/h1-4H,5H2;3*1H;/p-3. The van der Waals surface area contributed by atoms with Gasteiger partial charge in [-0.25, -0.2) is 0 Å². The molecule has 4 heteroatoms. The Balaban J connectivity index is -0.0000000312. The summed E-state index contributed by atoms with van der Waals surface area (Å²) in [5.41, 5.74) is 0. The van der Waals surface area contributed by atoms with E-state index in [1.807, 2.05) is 0 Å². The first-order chi connectivity index (χ1) is 2.50. The van der Waals surface area contributed by atoms with Gasteiger partial charge in [0.05, 0.1) is 0 Å². The number of rotatable bonds is 0. The minimum Gasteiger partial charge on any atom is -1.00 e. The summed E-state index contributed by atoms with van der Waals surface area (Å²) in [5.74, 6) is 0. The van der Waals surface area contributed by atoms with Crippen molar-refractivity contribution in [2.75, 3.05) is 0 Å². The quantitative estimate of drug-likeness (QED) is 0.381. The molecule has 0 spiro atoms. The monoisotopic (exact) mass is 351 g/mol. The molecule has 0 aliphatic heterocycles. The summed E-state index contributed by atoms with van der Waals surface area (Å²) in [4.78, 5) is 0. The smallest absolute Gasteiger partial charge is 0 e. The summed E-state index contributed by atoms with van der Waals surface area (Å²) in [6, 6.07) is 0. The number of hydrogen-bond donors (Lipinski definition) is 0. The molecule has 0 saturated heterocycles. The molecule has 0 saturated carbocycles. The zero-order valence-corrected chi connectivity index (χ0v) is 10.5. The number of halogens is 3. The van der Waals surface area contributed by atoms with E-state index in [4.69, 9.17) is 0 Å². The van der Waals surface area contributed by atoms with E-state index < -0.39 is 0 Å². The first-order valence-electron chi connectivity index (χ1n) is 1.82. The van der Waals surface area contributed by atoms with Crippen LogP contribution in [0.25, 0.3) is 0 Å². The molecule has 0 aromatic rings. The zero-order chi connectivity index (χ0) is 3.54. The van der Waals surface area contributed by atoms with Gasteiger partial charge >= 0.3 is 0 Å². The predicted octanol–water partition coefficient (Wildman–Crippen LogP) is -7.49. The Morgan fingerprint density at radius 2 is 1.11 bits per heavy atom. The van der Waals surface area contributed by atoms with Crippen LogP contribution in [-0.4, -0.2) is 0 Å². The molecule has 1 aliphatic carbocycles. The van der Waals surface area contributed by atoms with Crippen molar-refractivity contribution in [1.29, 1.82) is 0 Å². The Bertz CT molecular complexity index is 70.3. The Hall–Kier alpha value is 1.22. The molecular weight excluding hydrogens is 345 g/mol. The fourth-order valence-corrected chi connectivity index (χ4v) is 0.393. The van der Waals surface area contributed by atoms with E-state index in [-0.39, 0.29) is 63.1 Å². The van der Waals surface area contributed by atoms with Crippen LogP contribution in [0.15, 0.2) is 24.3 Å². The third-order valence-corrected chi connectivity index (χ3v) is 0.655. The summed E-state index contributed by atoms with van der Waals surface area (Å²) in [6.07, 6.45) is 9.50. The minimum atomic E-state index is 0. The molecule has 1 aliphatic rings. The summed E-state index contributed by atoms with van der Waals surface area (Å²) in [7, 11) is 0. The minimum absolute atomic E-state index is 0. The second-order valence-electron chi connectivity index (χ2n) is 1.09. The van der Waals surface area contributed by atoms with E-state index in [0.717, 1.165) is 6.42 Å². The summed E-state index contributed by atoms with van der Waals surface area (Å²) in [5, 5.41) is 0. The van der Waals surface area contributed by atoms with E-state index in [0.29, 0.717) is 0 Å². The zero-order valence-electron chi connectivity index (χ0n) is 4.65. The Morgan fingerprint density at radius 3 is 1.22 bits per heavy atom. The van der Waals surface area contributed by atoms with Crippen LogP contribution in [-0.2, 0) is 25.8 Å².